The molecule has 37 heavy (non-hydrogen) atoms. The number of piperidine rings is 2. The molecule has 7 nitrogen and oxygen atoms in total. The van der Waals surface area contributed by atoms with Crippen molar-refractivity contribution in [3.63, 3.8) is 0 Å². The molecule has 2 aromatic heterocycles. The van der Waals surface area contributed by atoms with Crippen LogP contribution < -0.4 is 0 Å². The van der Waals surface area contributed by atoms with Crippen LogP contribution in [-0.4, -0.2) is 75.6 Å². The van der Waals surface area contributed by atoms with Crippen molar-refractivity contribution < 1.29 is 9.18 Å². The van der Waals surface area contributed by atoms with Gasteiger partial charge in [0.15, 0.2) is 5.67 Å². The number of likely N-dealkylation sites (tertiary alicyclic amines) is 2. The molecule has 0 atom stereocenters. The van der Waals surface area contributed by atoms with Crippen LogP contribution >= 0.6 is 0 Å². The number of allylic oxidation sites excluding steroid dienone is 1. The van der Waals surface area contributed by atoms with Crippen molar-refractivity contribution in [2.24, 2.45) is 0 Å². The van der Waals surface area contributed by atoms with Gasteiger partial charge in [-0.3, -0.25) is 14.7 Å². The van der Waals surface area contributed by atoms with Crippen molar-refractivity contribution >= 4 is 28.7 Å². The van der Waals surface area contributed by atoms with Gasteiger partial charge in [-0.25, -0.2) is 4.39 Å². The smallest absolute Gasteiger partial charge is 0.260 e. The third-order valence-corrected chi connectivity index (χ3v) is 7.61. The molecule has 2 N–H and O–H groups in total. The summed E-state index contributed by atoms with van der Waals surface area (Å²) in [7, 11) is 0. The van der Waals surface area contributed by atoms with Crippen LogP contribution in [0.3, 0.4) is 0 Å². The van der Waals surface area contributed by atoms with Gasteiger partial charge in [-0.05, 0) is 49.3 Å². The van der Waals surface area contributed by atoms with Crippen molar-refractivity contribution in [2.45, 2.75) is 37.4 Å². The van der Waals surface area contributed by atoms with Gasteiger partial charge in [0, 0.05) is 80.6 Å². The molecule has 2 aliphatic heterocycles. The number of amides is 1. The first-order valence-corrected chi connectivity index (χ1v) is 12.9. The standard InChI is InChI=1S/C29H33FN6O/c30-29(12-18-34(19-13-29)21-23(32)7-5-14-31)28(37)35-16-10-24(11-17-35)36-26-9-2-1-6-22(26)20-27(36)25-8-3-4-15-33-25/h1-9,14-15,20,24,31-32H,10-13,16-19,21H2/b7-5-,31-14?,32-23?. The number of halogens is 1. The number of para-hydroxylation sites is 1. The molecule has 0 aliphatic carbocycles. The minimum atomic E-state index is -1.84. The van der Waals surface area contributed by atoms with E-state index in [1.807, 2.05) is 35.2 Å². The number of alkyl halides is 1. The van der Waals surface area contributed by atoms with Crippen molar-refractivity contribution in [2.75, 3.05) is 32.7 Å². The molecule has 0 radical (unpaired) electrons. The third kappa shape index (κ3) is 5.25. The average Bonchev–Trinajstić information content (AvgIpc) is 3.33. The van der Waals surface area contributed by atoms with E-state index in [4.69, 9.17) is 10.8 Å². The molecule has 1 aromatic carbocycles. The van der Waals surface area contributed by atoms with Crippen molar-refractivity contribution in [3.8, 4) is 11.4 Å². The summed E-state index contributed by atoms with van der Waals surface area (Å²) in [6, 6.07) is 16.6. The van der Waals surface area contributed by atoms with E-state index >= 15 is 4.39 Å². The highest BCUT2D eigenvalue weighted by atomic mass is 19.1. The second-order valence-electron chi connectivity index (χ2n) is 9.99. The maximum absolute atomic E-state index is 15.8. The Kier molecular flexibility index (Phi) is 7.28. The Morgan fingerprint density at radius 1 is 1.08 bits per heavy atom. The SMILES string of the molecule is N=C/C=C\C(=N)CN1CCC(F)(C(=O)N2CCC(n3c(-c4ccccn4)cc4ccccc43)CC2)CC1. The zero-order valence-electron chi connectivity index (χ0n) is 20.9. The van der Waals surface area contributed by atoms with E-state index in [2.05, 4.69) is 27.8 Å². The first-order valence-electron chi connectivity index (χ1n) is 12.9. The molecule has 5 rings (SSSR count). The number of aromatic nitrogens is 2. The lowest BCUT2D eigenvalue weighted by atomic mass is 9.90. The second kappa shape index (κ2) is 10.8. The van der Waals surface area contributed by atoms with E-state index in [0.29, 0.717) is 38.4 Å². The van der Waals surface area contributed by atoms with Gasteiger partial charge in [0.25, 0.3) is 5.91 Å². The monoisotopic (exact) mass is 500 g/mol. The van der Waals surface area contributed by atoms with Gasteiger partial charge < -0.3 is 20.3 Å². The normalized spacial score (nSPS) is 18.9. The van der Waals surface area contributed by atoms with E-state index in [0.717, 1.165) is 41.3 Å². The highest BCUT2D eigenvalue weighted by Crippen LogP contribution is 2.36. The number of hydrogen-bond acceptors (Lipinski definition) is 5. The largest absolute Gasteiger partial charge is 0.340 e. The number of carbonyl (C=O) groups is 1. The Balaban J connectivity index is 1.25. The summed E-state index contributed by atoms with van der Waals surface area (Å²) in [5.74, 6) is -0.383. The number of fused-ring (bicyclic) bond motifs is 1. The highest BCUT2D eigenvalue weighted by Gasteiger charge is 2.45. The number of pyridine rings is 1. The van der Waals surface area contributed by atoms with Crippen molar-refractivity contribution in [1.82, 2.24) is 19.4 Å². The van der Waals surface area contributed by atoms with Gasteiger partial charge in [0.05, 0.1) is 11.4 Å². The van der Waals surface area contributed by atoms with Gasteiger partial charge in [0.1, 0.15) is 0 Å². The van der Waals surface area contributed by atoms with Crippen LogP contribution in [-0.2, 0) is 4.79 Å². The minimum Gasteiger partial charge on any atom is -0.340 e. The average molecular weight is 501 g/mol. The molecule has 0 unspecified atom stereocenters. The molecule has 4 heterocycles. The molecule has 1 amide bonds. The van der Waals surface area contributed by atoms with Crippen LogP contribution in [0.2, 0.25) is 0 Å². The maximum atomic E-state index is 15.8. The number of carbonyl (C=O) groups excluding carboxylic acids is 1. The van der Waals surface area contributed by atoms with Crippen LogP contribution in [0.25, 0.3) is 22.3 Å². The van der Waals surface area contributed by atoms with E-state index in [9.17, 15) is 4.79 Å². The first-order chi connectivity index (χ1) is 18.0. The molecule has 2 saturated heterocycles. The zero-order chi connectivity index (χ0) is 25.8. The predicted molar refractivity (Wildman–Crippen MR) is 145 cm³/mol. The number of benzene rings is 1. The Labute approximate surface area is 216 Å². The zero-order valence-corrected chi connectivity index (χ0v) is 20.9. The van der Waals surface area contributed by atoms with E-state index in [1.54, 1.807) is 17.2 Å². The van der Waals surface area contributed by atoms with Crippen LogP contribution in [0.1, 0.15) is 31.7 Å². The number of hydrogen-bond donors (Lipinski definition) is 2. The van der Waals surface area contributed by atoms with Crippen LogP contribution in [0, 0.1) is 10.8 Å². The summed E-state index contributed by atoms with van der Waals surface area (Å²) in [4.78, 5) is 21.6. The molecular formula is C29H33FN6O. The summed E-state index contributed by atoms with van der Waals surface area (Å²) in [6.07, 6.45) is 7.87. The molecule has 2 aliphatic rings. The van der Waals surface area contributed by atoms with Gasteiger partial charge in [-0.2, -0.15) is 0 Å². The molecule has 0 bridgehead atoms. The van der Waals surface area contributed by atoms with E-state index in [-0.39, 0.29) is 24.8 Å². The lowest BCUT2D eigenvalue weighted by Crippen LogP contribution is -2.54. The topological polar surface area (TPSA) is 89.1 Å². The van der Waals surface area contributed by atoms with Crippen molar-refractivity contribution in [1.29, 1.82) is 10.8 Å². The van der Waals surface area contributed by atoms with E-state index < -0.39 is 5.67 Å². The fraction of sp³-hybridized carbons (Fsp3) is 0.379. The lowest BCUT2D eigenvalue weighted by Gasteiger charge is -2.40. The van der Waals surface area contributed by atoms with Crippen LogP contribution in [0.4, 0.5) is 4.39 Å². The fourth-order valence-corrected chi connectivity index (χ4v) is 5.63. The van der Waals surface area contributed by atoms with Gasteiger partial charge >= 0.3 is 0 Å². The predicted octanol–water partition coefficient (Wildman–Crippen LogP) is 4.90. The second-order valence-corrected chi connectivity index (χ2v) is 9.99. The van der Waals surface area contributed by atoms with Crippen molar-refractivity contribution in [3.05, 3.63) is 66.9 Å². The molecule has 2 fully saturated rings. The Bertz CT molecular complexity index is 1300. The van der Waals surface area contributed by atoms with Crippen LogP contribution in [0.5, 0.6) is 0 Å². The molecule has 3 aromatic rings. The summed E-state index contributed by atoms with van der Waals surface area (Å²) in [5, 5.41) is 16.2. The van der Waals surface area contributed by atoms with Gasteiger partial charge in [-0.15, -0.1) is 0 Å². The molecular weight excluding hydrogens is 467 g/mol. The summed E-state index contributed by atoms with van der Waals surface area (Å²) in [6.45, 7) is 2.37. The van der Waals surface area contributed by atoms with Crippen LogP contribution in [0.15, 0.2) is 66.9 Å². The molecule has 8 heteroatoms. The Morgan fingerprint density at radius 2 is 1.81 bits per heavy atom. The Morgan fingerprint density at radius 3 is 2.51 bits per heavy atom. The number of rotatable bonds is 7. The molecule has 0 spiro atoms. The highest BCUT2D eigenvalue weighted by molar-refractivity contribution is 5.96. The first kappa shape index (κ1) is 25.0. The maximum Gasteiger partial charge on any atom is 0.260 e. The minimum absolute atomic E-state index is 0.152. The summed E-state index contributed by atoms with van der Waals surface area (Å²) >= 11 is 0. The molecule has 192 valence electrons. The quantitative estimate of drug-likeness (QED) is 0.453. The van der Waals surface area contributed by atoms with E-state index in [1.165, 1.54) is 6.08 Å². The third-order valence-electron chi connectivity index (χ3n) is 7.61. The Hall–Kier alpha value is -3.65. The summed E-state index contributed by atoms with van der Waals surface area (Å²) in [5.41, 5.74) is 1.69. The lowest BCUT2D eigenvalue weighted by molar-refractivity contribution is -0.148. The van der Waals surface area contributed by atoms with Gasteiger partial charge in [-0.1, -0.05) is 24.3 Å². The van der Waals surface area contributed by atoms with Gasteiger partial charge in [0.2, 0.25) is 0 Å². The molecule has 0 saturated carbocycles. The fourth-order valence-electron chi connectivity index (χ4n) is 5.63. The summed E-state index contributed by atoms with van der Waals surface area (Å²) < 4.78 is 18.2. The number of nitrogens with zero attached hydrogens (tertiary/aromatic N) is 4. The number of nitrogens with one attached hydrogen (secondary N) is 2.